The van der Waals surface area contributed by atoms with Crippen molar-refractivity contribution in [3.8, 4) is 17.0 Å². The number of rotatable bonds is 6. The van der Waals surface area contributed by atoms with Crippen molar-refractivity contribution in [3.05, 3.63) is 72.1 Å². The van der Waals surface area contributed by atoms with Gasteiger partial charge < -0.3 is 10.4 Å². The van der Waals surface area contributed by atoms with E-state index >= 15 is 0 Å². The Balaban J connectivity index is 1.58. The van der Waals surface area contributed by atoms with Gasteiger partial charge in [0.2, 0.25) is 0 Å². The second-order valence-electron chi connectivity index (χ2n) is 7.96. The highest BCUT2D eigenvalue weighted by atomic mass is 16.3. The first-order valence-corrected chi connectivity index (χ1v) is 10.7. The molecule has 0 saturated heterocycles. The largest absolute Gasteiger partial charge is 0.508 e. The molecule has 1 aliphatic rings. The number of carbonyl (C=O) groups is 1. The molecule has 3 aromatic rings. The second-order valence-corrected chi connectivity index (χ2v) is 7.96. The summed E-state index contributed by atoms with van der Waals surface area (Å²) in [6.07, 6.45) is 10.0. The lowest BCUT2D eigenvalue weighted by molar-refractivity contribution is 0.102. The van der Waals surface area contributed by atoms with Crippen LogP contribution in [-0.4, -0.2) is 21.0 Å². The van der Waals surface area contributed by atoms with Crippen LogP contribution in [0.2, 0.25) is 0 Å². The third-order valence-electron chi connectivity index (χ3n) is 5.79. The number of phenolic OH excluding ortho intramolecular Hbond substituents is 1. The van der Waals surface area contributed by atoms with E-state index in [1.807, 2.05) is 30.3 Å². The number of aromatic hydroxyl groups is 1. The molecule has 0 radical (unpaired) electrons. The maximum Gasteiger partial charge on any atom is 0.256 e. The Hall–Kier alpha value is -3.21. The molecule has 0 aliphatic heterocycles. The van der Waals surface area contributed by atoms with E-state index in [0.717, 1.165) is 35.7 Å². The number of hydrogen-bond donors (Lipinski definition) is 2. The van der Waals surface area contributed by atoms with Crippen LogP contribution in [0, 0.1) is 5.92 Å². The molecule has 4 rings (SSSR count). The van der Waals surface area contributed by atoms with Crippen LogP contribution in [0.1, 0.15) is 54.6 Å². The Morgan fingerprint density at radius 1 is 1.00 bits per heavy atom. The molecule has 1 aliphatic carbocycles. The lowest BCUT2D eigenvalue weighted by Crippen LogP contribution is -2.16. The standard InChI is InChI=1S/C25H27N3O2/c29-21-14-12-19(13-15-21)23-17-26-24(28-25(30)20-9-5-2-6-10-20)22(27-23)16-11-18-7-3-1-4-8-18/h2,5-6,9-10,12-15,17-18,29H,1,3-4,7-8,11,16H2,(H,26,28,30). The molecule has 0 atom stereocenters. The van der Waals surface area contributed by atoms with E-state index < -0.39 is 0 Å². The van der Waals surface area contributed by atoms with Gasteiger partial charge in [-0.25, -0.2) is 9.97 Å². The van der Waals surface area contributed by atoms with Gasteiger partial charge in [-0.2, -0.15) is 0 Å². The molecule has 0 spiro atoms. The highest BCUT2D eigenvalue weighted by molar-refractivity contribution is 6.04. The van der Waals surface area contributed by atoms with Crippen LogP contribution in [0.5, 0.6) is 5.75 Å². The van der Waals surface area contributed by atoms with E-state index in [1.165, 1.54) is 32.1 Å². The van der Waals surface area contributed by atoms with E-state index in [0.29, 0.717) is 11.4 Å². The van der Waals surface area contributed by atoms with Crippen LogP contribution in [0.15, 0.2) is 60.8 Å². The summed E-state index contributed by atoms with van der Waals surface area (Å²) in [5.74, 6) is 1.29. The van der Waals surface area contributed by atoms with Gasteiger partial charge in [0.25, 0.3) is 5.91 Å². The normalized spacial score (nSPS) is 14.4. The van der Waals surface area contributed by atoms with Crippen molar-refractivity contribution >= 4 is 11.7 Å². The minimum atomic E-state index is -0.179. The van der Waals surface area contributed by atoms with Gasteiger partial charge in [-0.15, -0.1) is 0 Å². The van der Waals surface area contributed by atoms with Gasteiger partial charge >= 0.3 is 0 Å². The van der Waals surface area contributed by atoms with E-state index in [4.69, 9.17) is 4.98 Å². The number of nitrogens with one attached hydrogen (secondary N) is 1. The third-order valence-corrected chi connectivity index (χ3v) is 5.79. The molecule has 5 heteroatoms. The van der Waals surface area contributed by atoms with Crippen molar-refractivity contribution in [2.75, 3.05) is 5.32 Å². The fraction of sp³-hybridized carbons (Fsp3) is 0.320. The molecule has 1 aromatic heterocycles. The zero-order valence-electron chi connectivity index (χ0n) is 17.1. The Bertz CT molecular complexity index is 981. The molecule has 154 valence electrons. The van der Waals surface area contributed by atoms with Crippen molar-refractivity contribution in [3.63, 3.8) is 0 Å². The third kappa shape index (κ3) is 5.03. The Morgan fingerprint density at radius 2 is 1.73 bits per heavy atom. The summed E-state index contributed by atoms with van der Waals surface area (Å²) in [6, 6.07) is 16.1. The molecular weight excluding hydrogens is 374 g/mol. The average molecular weight is 402 g/mol. The maximum atomic E-state index is 12.7. The average Bonchev–Trinajstić information content (AvgIpc) is 2.80. The second kappa shape index (κ2) is 9.53. The molecule has 1 fully saturated rings. The number of carbonyl (C=O) groups excluding carboxylic acids is 1. The van der Waals surface area contributed by atoms with Crippen molar-refractivity contribution in [1.29, 1.82) is 0 Å². The molecule has 2 aromatic carbocycles. The predicted molar refractivity (Wildman–Crippen MR) is 118 cm³/mol. The summed E-state index contributed by atoms with van der Waals surface area (Å²) >= 11 is 0. The summed E-state index contributed by atoms with van der Waals surface area (Å²) in [6.45, 7) is 0. The van der Waals surface area contributed by atoms with E-state index in [1.54, 1.807) is 30.5 Å². The summed E-state index contributed by atoms with van der Waals surface area (Å²) in [4.78, 5) is 22.1. The topological polar surface area (TPSA) is 75.1 Å². The molecular formula is C25H27N3O2. The predicted octanol–water partition coefficient (Wildman–Crippen LogP) is 5.61. The van der Waals surface area contributed by atoms with Gasteiger partial charge in [-0.3, -0.25) is 4.79 Å². The first-order valence-electron chi connectivity index (χ1n) is 10.7. The van der Waals surface area contributed by atoms with Crippen LogP contribution in [0.25, 0.3) is 11.3 Å². The fourth-order valence-corrected chi connectivity index (χ4v) is 4.06. The Kier molecular flexibility index (Phi) is 6.38. The highest BCUT2D eigenvalue weighted by Crippen LogP contribution is 2.29. The summed E-state index contributed by atoms with van der Waals surface area (Å²) in [5, 5.41) is 12.5. The van der Waals surface area contributed by atoms with Crippen LogP contribution in [-0.2, 0) is 6.42 Å². The van der Waals surface area contributed by atoms with Gasteiger partial charge in [0.1, 0.15) is 5.75 Å². The van der Waals surface area contributed by atoms with Gasteiger partial charge in [0, 0.05) is 11.1 Å². The van der Waals surface area contributed by atoms with Gasteiger partial charge in [-0.1, -0.05) is 50.3 Å². The molecule has 1 saturated carbocycles. The van der Waals surface area contributed by atoms with Crippen LogP contribution < -0.4 is 5.32 Å². The SMILES string of the molecule is O=C(Nc1ncc(-c2ccc(O)cc2)nc1CCC1CCCCC1)c1ccccc1. The summed E-state index contributed by atoms with van der Waals surface area (Å²) < 4.78 is 0. The maximum absolute atomic E-state index is 12.7. The molecule has 30 heavy (non-hydrogen) atoms. The molecule has 2 N–H and O–H groups in total. The number of benzene rings is 2. The van der Waals surface area contributed by atoms with E-state index in [-0.39, 0.29) is 11.7 Å². The number of hydrogen-bond acceptors (Lipinski definition) is 4. The smallest absolute Gasteiger partial charge is 0.256 e. The number of anilines is 1. The van der Waals surface area contributed by atoms with Crippen molar-refractivity contribution in [2.24, 2.45) is 5.92 Å². The zero-order valence-corrected chi connectivity index (χ0v) is 17.1. The number of nitrogens with zero attached hydrogens (tertiary/aromatic N) is 2. The zero-order chi connectivity index (χ0) is 20.8. The van der Waals surface area contributed by atoms with E-state index in [2.05, 4.69) is 10.3 Å². The Morgan fingerprint density at radius 3 is 2.47 bits per heavy atom. The molecule has 1 heterocycles. The van der Waals surface area contributed by atoms with Crippen LogP contribution in [0.4, 0.5) is 5.82 Å². The van der Waals surface area contributed by atoms with Crippen molar-refractivity contribution in [2.45, 2.75) is 44.9 Å². The lowest BCUT2D eigenvalue weighted by Gasteiger charge is -2.21. The first kappa shape index (κ1) is 20.1. The minimum Gasteiger partial charge on any atom is -0.508 e. The summed E-state index contributed by atoms with van der Waals surface area (Å²) in [7, 11) is 0. The van der Waals surface area contributed by atoms with Crippen molar-refractivity contribution in [1.82, 2.24) is 9.97 Å². The number of aromatic nitrogens is 2. The molecule has 5 nitrogen and oxygen atoms in total. The van der Waals surface area contributed by atoms with Gasteiger partial charge in [0.15, 0.2) is 5.82 Å². The molecule has 1 amide bonds. The Labute approximate surface area is 177 Å². The number of aryl methyl sites for hydroxylation is 1. The first-order chi connectivity index (χ1) is 14.7. The number of amides is 1. The van der Waals surface area contributed by atoms with Crippen LogP contribution >= 0.6 is 0 Å². The highest BCUT2D eigenvalue weighted by Gasteiger charge is 2.17. The number of phenols is 1. The monoisotopic (exact) mass is 401 g/mol. The molecule has 0 bridgehead atoms. The molecule has 0 unspecified atom stereocenters. The van der Waals surface area contributed by atoms with Gasteiger partial charge in [0.05, 0.1) is 17.6 Å². The van der Waals surface area contributed by atoms with Gasteiger partial charge in [-0.05, 0) is 55.2 Å². The van der Waals surface area contributed by atoms with Crippen LogP contribution in [0.3, 0.4) is 0 Å². The lowest BCUT2D eigenvalue weighted by atomic mass is 9.86. The van der Waals surface area contributed by atoms with Crippen molar-refractivity contribution < 1.29 is 9.90 Å². The minimum absolute atomic E-state index is 0.179. The summed E-state index contributed by atoms with van der Waals surface area (Å²) in [5.41, 5.74) is 3.04. The quantitative estimate of drug-likeness (QED) is 0.562. The fourth-order valence-electron chi connectivity index (χ4n) is 4.06. The van der Waals surface area contributed by atoms with E-state index in [9.17, 15) is 9.90 Å².